The van der Waals surface area contributed by atoms with Crippen LogP contribution in [0.15, 0.2) is 189 Å². The van der Waals surface area contributed by atoms with Crippen molar-refractivity contribution in [2.75, 3.05) is 4.90 Å². The van der Waals surface area contributed by atoms with Gasteiger partial charge in [-0.2, -0.15) is 0 Å². The fourth-order valence-corrected chi connectivity index (χ4v) is 8.37. The molecule has 0 radical (unpaired) electrons. The Balaban J connectivity index is 1.20. The van der Waals surface area contributed by atoms with E-state index in [0.29, 0.717) is 11.5 Å². The lowest BCUT2D eigenvalue weighted by atomic mass is 10.1. The first-order valence-electron chi connectivity index (χ1n) is 18.4. The maximum atomic E-state index is 6.89. The Morgan fingerprint density at radius 1 is 0.436 bits per heavy atom. The normalized spacial score (nSPS) is 12.0. The van der Waals surface area contributed by atoms with Gasteiger partial charge in [0.1, 0.15) is 27.8 Å². The van der Waals surface area contributed by atoms with Crippen LogP contribution in [-0.4, -0.2) is 9.55 Å². The second-order valence-electron chi connectivity index (χ2n) is 13.9. The Kier molecular flexibility index (Phi) is 6.24. The highest BCUT2D eigenvalue weighted by atomic mass is 16.4. The van der Waals surface area contributed by atoms with Crippen LogP contribution in [0, 0.1) is 0 Å². The number of anilines is 3. The van der Waals surface area contributed by atoms with E-state index >= 15 is 0 Å². The third-order valence-electron chi connectivity index (χ3n) is 10.8. The summed E-state index contributed by atoms with van der Waals surface area (Å²) in [5.41, 5.74) is 11.6. The summed E-state index contributed by atoms with van der Waals surface area (Å²) in [6.45, 7) is 0. The van der Waals surface area contributed by atoms with Gasteiger partial charge >= 0.3 is 0 Å². The first-order valence-corrected chi connectivity index (χ1v) is 18.4. The van der Waals surface area contributed by atoms with Crippen molar-refractivity contribution in [1.82, 2.24) is 9.55 Å². The first kappa shape index (κ1) is 29.9. The summed E-state index contributed by atoms with van der Waals surface area (Å²) in [6.07, 6.45) is 0. The lowest BCUT2D eigenvalue weighted by Crippen LogP contribution is -2.10. The van der Waals surface area contributed by atoms with E-state index in [4.69, 9.17) is 18.2 Å². The van der Waals surface area contributed by atoms with E-state index in [9.17, 15) is 0 Å². The van der Waals surface area contributed by atoms with Crippen molar-refractivity contribution in [2.45, 2.75) is 0 Å². The second-order valence-corrected chi connectivity index (χ2v) is 13.9. The van der Waals surface area contributed by atoms with Gasteiger partial charge in [-0.05, 0) is 72.8 Å². The molecular weight excluding hydrogens is 679 g/mol. The number of benzene rings is 8. The van der Waals surface area contributed by atoms with E-state index in [-0.39, 0.29) is 0 Å². The van der Waals surface area contributed by atoms with Crippen molar-refractivity contribution in [2.24, 2.45) is 0 Å². The van der Waals surface area contributed by atoms with Crippen LogP contribution in [0.2, 0.25) is 0 Å². The molecule has 0 unspecified atom stereocenters. The molecule has 0 aliphatic carbocycles. The van der Waals surface area contributed by atoms with Gasteiger partial charge in [0.2, 0.25) is 5.89 Å². The number of oxazole rings is 1. The lowest BCUT2D eigenvalue weighted by molar-refractivity contribution is 0.619. The molecule has 55 heavy (non-hydrogen) atoms. The number of hydrogen-bond acceptors (Lipinski definition) is 5. The van der Waals surface area contributed by atoms with Crippen LogP contribution in [-0.2, 0) is 0 Å². The molecule has 0 aliphatic heterocycles. The van der Waals surface area contributed by atoms with Gasteiger partial charge in [-0.15, -0.1) is 0 Å². The molecule has 12 rings (SSSR count). The molecule has 0 spiro atoms. The van der Waals surface area contributed by atoms with Gasteiger partial charge in [-0.1, -0.05) is 97.1 Å². The number of aromatic nitrogens is 2. The molecule has 0 atom stereocenters. The van der Waals surface area contributed by atoms with Crippen LogP contribution in [0.5, 0.6) is 0 Å². The van der Waals surface area contributed by atoms with E-state index in [2.05, 4.69) is 125 Å². The molecule has 4 heterocycles. The summed E-state index contributed by atoms with van der Waals surface area (Å²) in [5, 5.41) is 6.37. The number of hydrogen-bond donors (Lipinski definition) is 0. The highest BCUT2D eigenvalue weighted by Gasteiger charge is 2.26. The van der Waals surface area contributed by atoms with Crippen molar-refractivity contribution in [3.8, 4) is 17.1 Å². The third-order valence-corrected chi connectivity index (χ3v) is 10.8. The fourth-order valence-electron chi connectivity index (χ4n) is 8.37. The fraction of sp³-hybridized carbons (Fsp3) is 0. The molecule has 4 aromatic heterocycles. The zero-order chi connectivity index (χ0) is 36.0. The minimum Gasteiger partial charge on any atom is -0.456 e. The van der Waals surface area contributed by atoms with Crippen molar-refractivity contribution >= 4 is 93.8 Å². The van der Waals surface area contributed by atoms with Gasteiger partial charge in [0.05, 0.1) is 22.1 Å². The van der Waals surface area contributed by atoms with Crippen molar-refractivity contribution in [1.29, 1.82) is 0 Å². The topological polar surface area (TPSA) is 60.5 Å². The SMILES string of the molecule is c1ccc(-c2nc3c(o2)c(N(c2ccc4oc5ccccc5c4c2)c2ccc4c5ccccc5n(-c5ccccc5)c4c2)cc2oc4ccccc4c23)cc1. The van der Waals surface area contributed by atoms with Gasteiger partial charge in [0.15, 0.2) is 5.58 Å². The van der Waals surface area contributed by atoms with Gasteiger partial charge in [0.25, 0.3) is 0 Å². The molecule has 0 bridgehead atoms. The quantitative estimate of drug-likeness (QED) is 0.178. The molecular formula is C49H29N3O3. The summed E-state index contributed by atoms with van der Waals surface area (Å²) in [7, 11) is 0. The molecule has 0 saturated carbocycles. The smallest absolute Gasteiger partial charge is 0.227 e. The minimum atomic E-state index is 0.547. The maximum absolute atomic E-state index is 6.89. The minimum absolute atomic E-state index is 0.547. The Morgan fingerprint density at radius 3 is 1.89 bits per heavy atom. The number of nitrogens with zero attached hydrogens (tertiary/aromatic N) is 3. The Hall–Kier alpha value is -7.57. The van der Waals surface area contributed by atoms with Crippen LogP contribution in [0.3, 0.4) is 0 Å². The number of para-hydroxylation sites is 4. The molecule has 6 nitrogen and oxygen atoms in total. The Labute approximate surface area is 313 Å². The van der Waals surface area contributed by atoms with E-state index in [0.717, 1.165) is 88.7 Å². The van der Waals surface area contributed by atoms with Crippen LogP contribution in [0.25, 0.3) is 93.9 Å². The summed E-state index contributed by atoms with van der Waals surface area (Å²) >= 11 is 0. The lowest BCUT2D eigenvalue weighted by Gasteiger charge is -2.26. The molecule has 258 valence electrons. The number of rotatable bonds is 5. The number of furan rings is 2. The zero-order valence-electron chi connectivity index (χ0n) is 29.3. The van der Waals surface area contributed by atoms with Crippen molar-refractivity contribution < 1.29 is 13.3 Å². The average Bonchev–Trinajstić information content (AvgIpc) is 4.02. The van der Waals surface area contributed by atoms with Gasteiger partial charge in [-0.25, -0.2) is 4.98 Å². The van der Waals surface area contributed by atoms with Gasteiger partial charge in [-0.3, -0.25) is 0 Å². The monoisotopic (exact) mass is 707 g/mol. The summed E-state index contributed by atoms with van der Waals surface area (Å²) in [6, 6.07) is 60.7. The largest absolute Gasteiger partial charge is 0.456 e. The summed E-state index contributed by atoms with van der Waals surface area (Å²) in [5.74, 6) is 0.547. The Bertz CT molecular complexity index is 3440. The highest BCUT2D eigenvalue weighted by molar-refractivity contribution is 6.21. The molecule has 0 N–H and O–H groups in total. The van der Waals surface area contributed by atoms with Crippen LogP contribution in [0.4, 0.5) is 17.1 Å². The Morgan fingerprint density at radius 2 is 1.05 bits per heavy atom. The predicted molar refractivity (Wildman–Crippen MR) is 223 cm³/mol. The molecule has 12 aromatic rings. The molecule has 8 aromatic carbocycles. The van der Waals surface area contributed by atoms with Gasteiger partial charge in [0, 0.05) is 55.6 Å². The highest BCUT2D eigenvalue weighted by Crippen LogP contribution is 2.47. The first-order chi connectivity index (χ1) is 27.3. The molecule has 0 aliphatic rings. The van der Waals surface area contributed by atoms with Crippen molar-refractivity contribution in [3.63, 3.8) is 0 Å². The zero-order valence-corrected chi connectivity index (χ0v) is 29.3. The summed E-state index contributed by atoms with van der Waals surface area (Å²) < 4.78 is 22.2. The molecule has 0 saturated heterocycles. The van der Waals surface area contributed by atoms with Crippen LogP contribution in [0.1, 0.15) is 0 Å². The maximum Gasteiger partial charge on any atom is 0.227 e. The van der Waals surface area contributed by atoms with E-state index in [1.54, 1.807) is 0 Å². The van der Waals surface area contributed by atoms with Crippen LogP contribution >= 0.6 is 0 Å². The summed E-state index contributed by atoms with van der Waals surface area (Å²) in [4.78, 5) is 7.47. The van der Waals surface area contributed by atoms with E-state index in [1.807, 2.05) is 60.7 Å². The second kappa shape index (κ2) is 11.5. The number of fused-ring (bicyclic) bond motifs is 11. The molecule has 6 heteroatoms. The third kappa shape index (κ3) is 4.46. The van der Waals surface area contributed by atoms with Crippen molar-refractivity contribution in [3.05, 3.63) is 176 Å². The van der Waals surface area contributed by atoms with E-state index < -0.39 is 0 Å². The predicted octanol–water partition coefficient (Wildman–Crippen LogP) is 13.9. The van der Waals surface area contributed by atoms with E-state index in [1.165, 1.54) is 10.8 Å². The molecule has 0 fully saturated rings. The van der Waals surface area contributed by atoms with Gasteiger partial charge < -0.3 is 22.7 Å². The molecule has 0 amide bonds. The standard InChI is InChI=1S/C49H29N3O3/c1-3-13-30(14-4-1)49-50-47-46-37-19-9-12-22-43(37)54-45(46)29-41(48(47)55-49)51(32-24-26-44-38(27-32)36-18-8-11-21-42(36)53-44)33-23-25-35-34-17-7-10-20-39(34)52(40(35)28-33)31-15-5-2-6-16-31/h1-29H. The van der Waals surface area contributed by atoms with Crippen LogP contribution < -0.4 is 4.90 Å². The average molecular weight is 708 g/mol.